The number of allylic oxidation sites excluding steroid dienone is 1. The van der Waals surface area contributed by atoms with Gasteiger partial charge in [0.25, 0.3) is 0 Å². The van der Waals surface area contributed by atoms with E-state index < -0.39 is 5.60 Å². The van der Waals surface area contributed by atoms with Gasteiger partial charge in [0.15, 0.2) is 5.78 Å². The topological polar surface area (TPSA) is 40.5 Å². The highest BCUT2D eigenvalue weighted by molar-refractivity contribution is 5.89. The molecular formula is C15H19NO2. The molecule has 1 aromatic carbocycles. The second-order valence-electron chi connectivity index (χ2n) is 4.84. The maximum atomic E-state index is 11.2. The van der Waals surface area contributed by atoms with E-state index in [0.29, 0.717) is 19.5 Å². The molecule has 0 saturated carbocycles. The van der Waals surface area contributed by atoms with Crippen LogP contribution in [0.15, 0.2) is 43.0 Å². The third kappa shape index (κ3) is 2.86. The molecule has 1 atom stereocenters. The van der Waals surface area contributed by atoms with Crippen molar-refractivity contribution in [3.63, 3.8) is 0 Å². The minimum Gasteiger partial charge on any atom is -0.384 e. The first kappa shape index (κ1) is 13.0. The van der Waals surface area contributed by atoms with Crippen molar-refractivity contribution in [2.45, 2.75) is 18.4 Å². The third-order valence-corrected chi connectivity index (χ3v) is 3.54. The largest absolute Gasteiger partial charge is 0.384 e. The molecular weight excluding hydrogens is 226 g/mol. The second-order valence-corrected chi connectivity index (χ2v) is 4.84. The number of carbonyl (C=O) groups excluding carboxylic acids is 1. The molecule has 0 amide bonds. The van der Waals surface area contributed by atoms with Gasteiger partial charge in [0.05, 0.1) is 0 Å². The minimum atomic E-state index is -0.765. The second kappa shape index (κ2) is 5.46. The first-order chi connectivity index (χ1) is 8.64. The summed E-state index contributed by atoms with van der Waals surface area (Å²) in [7, 11) is 0. The van der Waals surface area contributed by atoms with E-state index in [9.17, 15) is 9.90 Å². The SMILES string of the molecule is C=CC(=O)CCN1CCC(O)(c2ccccc2)C1. The van der Waals surface area contributed by atoms with Gasteiger partial charge in [-0.2, -0.15) is 0 Å². The molecule has 18 heavy (non-hydrogen) atoms. The predicted octanol–water partition coefficient (Wildman–Crippen LogP) is 1.73. The van der Waals surface area contributed by atoms with E-state index in [-0.39, 0.29) is 5.78 Å². The monoisotopic (exact) mass is 245 g/mol. The van der Waals surface area contributed by atoms with Crippen LogP contribution in [0.1, 0.15) is 18.4 Å². The van der Waals surface area contributed by atoms with Crippen molar-refractivity contribution in [3.8, 4) is 0 Å². The number of aliphatic hydroxyl groups is 1. The van der Waals surface area contributed by atoms with Crippen LogP contribution < -0.4 is 0 Å². The fourth-order valence-corrected chi connectivity index (χ4v) is 2.42. The summed E-state index contributed by atoms with van der Waals surface area (Å²) in [5, 5.41) is 10.6. The Labute approximate surface area is 108 Å². The Morgan fingerprint density at radius 2 is 2.17 bits per heavy atom. The Morgan fingerprint density at radius 3 is 2.83 bits per heavy atom. The van der Waals surface area contributed by atoms with E-state index >= 15 is 0 Å². The molecule has 1 saturated heterocycles. The Morgan fingerprint density at radius 1 is 1.44 bits per heavy atom. The van der Waals surface area contributed by atoms with Crippen molar-refractivity contribution < 1.29 is 9.90 Å². The number of ketones is 1. The lowest BCUT2D eigenvalue weighted by molar-refractivity contribution is -0.114. The molecule has 1 heterocycles. The molecule has 0 spiro atoms. The summed E-state index contributed by atoms with van der Waals surface area (Å²) in [5.74, 6) is 0.0603. The summed E-state index contributed by atoms with van der Waals surface area (Å²) >= 11 is 0. The van der Waals surface area contributed by atoms with Gasteiger partial charge in [0.2, 0.25) is 0 Å². The van der Waals surface area contributed by atoms with Crippen molar-refractivity contribution in [1.29, 1.82) is 0 Å². The molecule has 1 unspecified atom stereocenters. The van der Waals surface area contributed by atoms with Gasteiger partial charge in [-0.15, -0.1) is 0 Å². The van der Waals surface area contributed by atoms with Crippen LogP contribution in [-0.4, -0.2) is 35.4 Å². The lowest BCUT2D eigenvalue weighted by Crippen LogP contribution is -2.31. The van der Waals surface area contributed by atoms with Gasteiger partial charge in [-0.05, 0) is 18.1 Å². The van der Waals surface area contributed by atoms with Crippen molar-refractivity contribution in [2.24, 2.45) is 0 Å². The van der Waals surface area contributed by atoms with Crippen molar-refractivity contribution in [3.05, 3.63) is 48.6 Å². The minimum absolute atomic E-state index is 0.0603. The van der Waals surface area contributed by atoms with Crippen LogP contribution >= 0.6 is 0 Å². The van der Waals surface area contributed by atoms with E-state index in [1.807, 2.05) is 30.3 Å². The molecule has 1 aromatic rings. The Bertz CT molecular complexity index is 429. The van der Waals surface area contributed by atoms with E-state index in [1.165, 1.54) is 6.08 Å². The molecule has 0 bridgehead atoms. The number of hydrogen-bond donors (Lipinski definition) is 1. The number of nitrogens with zero attached hydrogens (tertiary/aromatic N) is 1. The van der Waals surface area contributed by atoms with Crippen LogP contribution in [-0.2, 0) is 10.4 Å². The molecule has 1 N–H and O–H groups in total. The van der Waals surface area contributed by atoms with Crippen LogP contribution in [0.4, 0.5) is 0 Å². The van der Waals surface area contributed by atoms with E-state index in [0.717, 1.165) is 18.5 Å². The van der Waals surface area contributed by atoms with Crippen molar-refractivity contribution >= 4 is 5.78 Å². The zero-order valence-corrected chi connectivity index (χ0v) is 10.5. The molecule has 2 rings (SSSR count). The number of β-amino-alcohol motifs (C(OH)–C–C–N with tert-alkyl or cyclic N) is 1. The van der Waals surface area contributed by atoms with Gasteiger partial charge in [-0.3, -0.25) is 9.69 Å². The molecule has 1 fully saturated rings. The average Bonchev–Trinajstić information content (AvgIpc) is 2.80. The number of benzene rings is 1. The summed E-state index contributed by atoms with van der Waals surface area (Å²) in [6.45, 7) is 5.59. The fourth-order valence-electron chi connectivity index (χ4n) is 2.42. The summed E-state index contributed by atoms with van der Waals surface area (Å²) in [6.07, 6.45) is 2.56. The number of hydrogen-bond acceptors (Lipinski definition) is 3. The normalized spacial score (nSPS) is 24.1. The summed E-state index contributed by atoms with van der Waals surface area (Å²) in [6, 6.07) is 9.74. The third-order valence-electron chi connectivity index (χ3n) is 3.54. The maximum absolute atomic E-state index is 11.2. The van der Waals surface area contributed by atoms with Gasteiger partial charge < -0.3 is 5.11 Å². The molecule has 3 heteroatoms. The highest BCUT2D eigenvalue weighted by Crippen LogP contribution is 2.31. The number of likely N-dealkylation sites (tertiary alicyclic amines) is 1. The lowest BCUT2D eigenvalue weighted by atomic mass is 9.93. The number of rotatable bonds is 5. The van der Waals surface area contributed by atoms with Gasteiger partial charge in [0.1, 0.15) is 5.60 Å². The summed E-state index contributed by atoms with van der Waals surface area (Å²) in [4.78, 5) is 13.3. The molecule has 0 aliphatic carbocycles. The van der Waals surface area contributed by atoms with Gasteiger partial charge in [-0.25, -0.2) is 0 Å². The maximum Gasteiger partial charge on any atom is 0.156 e. The van der Waals surface area contributed by atoms with Crippen LogP contribution in [0.3, 0.4) is 0 Å². The van der Waals surface area contributed by atoms with Gasteiger partial charge in [0, 0.05) is 26.1 Å². The van der Waals surface area contributed by atoms with Crippen LogP contribution in [0.5, 0.6) is 0 Å². The fraction of sp³-hybridized carbons (Fsp3) is 0.400. The number of carbonyl (C=O) groups is 1. The Hall–Kier alpha value is -1.45. The first-order valence-corrected chi connectivity index (χ1v) is 6.29. The zero-order chi connectivity index (χ0) is 13.0. The summed E-state index contributed by atoms with van der Waals surface area (Å²) < 4.78 is 0. The molecule has 0 radical (unpaired) electrons. The van der Waals surface area contributed by atoms with Crippen LogP contribution in [0, 0.1) is 0 Å². The van der Waals surface area contributed by atoms with E-state index in [1.54, 1.807) is 0 Å². The van der Waals surface area contributed by atoms with Gasteiger partial charge >= 0.3 is 0 Å². The average molecular weight is 245 g/mol. The molecule has 1 aliphatic rings. The smallest absolute Gasteiger partial charge is 0.156 e. The van der Waals surface area contributed by atoms with Crippen molar-refractivity contribution in [2.75, 3.05) is 19.6 Å². The Balaban J connectivity index is 1.95. The van der Waals surface area contributed by atoms with E-state index in [4.69, 9.17) is 0 Å². The highest BCUT2D eigenvalue weighted by Gasteiger charge is 2.37. The molecule has 3 nitrogen and oxygen atoms in total. The standard InChI is InChI=1S/C15H19NO2/c1-2-14(17)8-10-16-11-9-15(18,12-16)13-6-4-3-5-7-13/h2-7,18H,1,8-12H2. The van der Waals surface area contributed by atoms with Crippen LogP contribution in [0.2, 0.25) is 0 Å². The predicted molar refractivity (Wildman–Crippen MR) is 71.2 cm³/mol. The molecule has 0 aromatic heterocycles. The summed E-state index contributed by atoms with van der Waals surface area (Å²) in [5.41, 5.74) is 0.195. The van der Waals surface area contributed by atoms with Crippen molar-refractivity contribution in [1.82, 2.24) is 4.90 Å². The highest BCUT2D eigenvalue weighted by atomic mass is 16.3. The quantitative estimate of drug-likeness (QED) is 0.803. The lowest BCUT2D eigenvalue weighted by Gasteiger charge is -2.23. The Kier molecular flexibility index (Phi) is 3.94. The molecule has 96 valence electrons. The first-order valence-electron chi connectivity index (χ1n) is 6.29. The van der Waals surface area contributed by atoms with Crippen LogP contribution in [0.25, 0.3) is 0 Å². The molecule has 1 aliphatic heterocycles. The zero-order valence-electron chi connectivity index (χ0n) is 10.5. The van der Waals surface area contributed by atoms with E-state index in [2.05, 4.69) is 11.5 Å². The van der Waals surface area contributed by atoms with Gasteiger partial charge in [-0.1, -0.05) is 36.9 Å².